The summed E-state index contributed by atoms with van der Waals surface area (Å²) in [5, 5.41) is 4.68. The van der Waals surface area contributed by atoms with Crippen LogP contribution < -0.4 is 5.32 Å². The molecule has 17 heavy (non-hydrogen) atoms. The number of rotatable bonds is 4. The van der Waals surface area contributed by atoms with Crippen LogP contribution in [0.5, 0.6) is 0 Å². The average Bonchev–Trinajstić information content (AvgIpc) is 3.08. The summed E-state index contributed by atoms with van der Waals surface area (Å²) in [6.07, 6.45) is 5.76. The van der Waals surface area contributed by atoms with Crippen LogP contribution in [0.1, 0.15) is 29.7 Å². The molecule has 3 rings (SSSR count). The molecule has 1 N–H and O–H groups in total. The molecule has 3 nitrogen and oxygen atoms in total. The number of aromatic nitrogens is 2. The minimum atomic E-state index is 0.963. The van der Waals surface area contributed by atoms with Gasteiger partial charge in [-0.3, -0.25) is 0 Å². The molecule has 2 aromatic heterocycles. The third kappa shape index (κ3) is 2.14. The molecule has 0 aromatic carbocycles. The number of fused-ring (bicyclic) bond motifs is 1. The van der Waals surface area contributed by atoms with Crippen molar-refractivity contribution in [3.05, 3.63) is 16.8 Å². The molecule has 2 heterocycles. The van der Waals surface area contributed by atoms with Gasteiger partial charge in [-0.1, -0.05) is 12.8 Å². The first-order chi connectivity index (χ1) is 8.25. The summed E-state index contributed by atoms with van der Waals surface area (Å²) in [6.45, 7) is 5.34. The molecule has 1 aliphatic rings. The van der Waals surface area contributed by atoms with Crippen LogP contribution in [0.3, 0.4) is 0 Å². The number of hydrogen-bond acceptors (Lipinski definition) is 4. The fourth-order valence-electron chi connectivity index (χ4n) is 2.12. The zero-order chi connectivity index (χ0) is 11.8. The molecule has 4 heteroatoms. The SMILES string of the molecule is Cc1sc2ncnc(NCCC3CC3)c2c1C. The van der Waals surface area contributed by atoms with Crippen LogP contribution in [-0.2, 0) is 0 Å². The van der Waals surface area contributed by atoms with Crippen molar-refractivity contribution in [2.45, 2.75) is 33.1 Å². The molecule has 1 saturated carbocycles. The maximum absolute atomic E-state index is 4.38. The lowest BCUT2D eigenvalue weighted by Gasteiger charge is -2.06. The van der Waals surface area contributed by atoms with Gasteiger partial charge in [-0.2, -0.15) is 0 Å². The highest BCUT2D eigenvalue weighted by molar-refractivity contribution is 7.18. The summed E-state index contributed by atoms with van der Waals surface area (Å²) in [7, 11) is 0. The molecule has 0 saturated heterocycles. The maximum Gasteiger partial charge on any atom is 0.138 e. The standard InChI is InChI=1S/C13H17N3S/c1-8-9(2)17-13-11(8)12(15-7-16-13)14-6-5-10-3-4-10/h7,10H,3-6H2,1-2H3,(H,14,15,16). The van der Waals surface area contributed by atoms with Gasteiger partial charge in [0.05, 0.1) is 5.39 Å². The molecule has 0 unspecified atom stereocenters. The third-order valence-electron chi connectivity index (χ3n) is 3.51. The lowest BCUT2D eigenvalue weighted by Crippen LogP contribution is -2.04. The Hall–Kier alpha value is -1.16. The molecular weight excluding hydrogens is 230 g/mol. The van der Waals surface area contributed by atoms with E-state index in [9.17, 15) is 0 Å². The van der Waals surface area contributed by atoms with Crippen molar-refractivity contribution in [1.29, 1.82) is 0 Å². The van der Waals surface area contributed by atoms with Gasteiger partial charge in [-0.15, -0.1) is 11.3 Å². The van der Waals surface area contributed by atoms with Crippen molar-refractivity contribution in [3.63, 3.8) is 0 Å². The first-order valence-electron chi connectivity index (χ1n) is 6.20. The van der Waals surface area contributed by atoms with Crippen molar-refractivity contribution in [2.24, 2.45) is 5.92 Å². The molecule has 0 bridgehead atoms. The van der Waals surface area contributed by atoms with Crippen LogP contribution in [0.15, 0.2) is 6.33 Å². The second-order valence-corrected chi connectivity index (χ2v) is 6.05. The number of nitrogens with zero attached hydrogens (tertiary/aromatic N) is 2. The van der Waals surface area contributed by atoms with E-state index < -0.39 is 0 Å². The summed E-state index contributed by atoms with van der Waals surface area (Å²) in [5.74, 6) is 1.97. The molecule has 0 amide bonds. The van der Waals surface area contributed by atoms with E-state index in [0.717, 1.165) is 23.1 Å². The van der Waals surface area contributed by atoms with Gasteiger partial charge >= 0.3 is 0 Å². The summed E-state index contributed by atoms with van der Waals surface area (Å²) in [5.41, 5.74) is 1.32. The summed E-state index contributed by atoms with van der Waals surface area (Å²) < 4.78 is 0. The van der Waals surface area contributed by atoms with Crippen LogP contribution in [0.2, 0.25) is 0 Å². The van der Waals surface area contributed by atoms with Crippen molar-refractivity contribution in [3.8, 4) is 0 Å². The lowest BCUT2D eigenvalue weighted by atomic mass is 10.2. The van der Waals surface area contributed by atoms with Gasteiger partial charge in [-0.05, 0) is 31.7 Å². The van der Waals surface area contributed by atoms with Gasteiger partial charge in [0.2, 0.25) is 0 Å². The van der Waals surface area contributed by atoms with Gasteiger partial charge in [0.1, 0.15) is 17.0 Å². The van der Waals surface area contributed by atoms with E-state index in [1.165, 1.54) is 35.1 Å². The highest BCUT2D eigenvalue weighted by Gasteiger charge is 2.20. The molecule has 2 aromatic rings. The van der Waals surface area contributed by atoms with Gasteiger partial charge in [0, 0.05) is 11.4 Å². The van der Waals surface area contributed by atoms with Gasteiger partial charge in [0.25, 0.3) is 0 Å². The number of hydrogen-bond donors (Lipinski definition) is 1. The van der Waals surface area contributed by atoms with Crippen LogP contribution in [0.25, 0.3) is 10.2 Å². The van der Waals surface area contributed by atoms with Crippen molar-refractivity contribution in [1.82, 2.24) is 9.97 Å². The number of thiophene rings is 1. The molecule has 0 radical (unpaired) electrons. The Morgan fingerprint density at radius 2 is 2.18 bits per heavy atom. The maximum atomic E-state index is 4.38. The van der Waals surface area contributed by atoms with E-state index in [-0.39, 0.29) is 0 Å². The molecular formula is C13H17N3S. The second kappa shape index (κ2) is 4.26. The Morgan fingerprint density at radius 3 is 2.94 bits per heavy atom. The Balaban J connectivity index is 1.86. The first-order valence-corrected chi connectivity index (χ1v) is 7.02. The Labute approximate surface area is 105 Å². The Morgan fingerprint density at radius 1 is 1.35 bits per heavy atom. The highest BCUT2D eigenvalue weighted by atomic mass is 32.1. The molecule has 1 fully saturated rings. The van der Waals surface area contributed by atoms with Crippen molar-refractivity contribution >= 4 is 27.4 Å². The molecule has 90 valence electrons. The predicted molar refractivity (Wildman–Crippen MR) is 72.7 cm³/mol. The van der Waals surface area contributed by atoms with E-state index in [1.807, 2.05) is 0 Å². The zero-order valence-electron chi connectivity index (χ0n) is 10.3. The monoisotopic (exact) mass is 247 g/mol. The Bertz CT molecular complexity index is 543. The minimum absolute atomic E-state index is 0.963. The van der Waals surface area contributed by atoms with Gasteiger partial charge < -0.3 is 5.32 Å². The fraction of sp³-hybridized carbons (Fsp3) is 0.538. The van der Waals surface area contributed by atoms with Gasteiger partial charge in [-0.25, -0.2) is 9.97 Å². The van der Waals surface area contributed by atoms with Crippen molar-refractivity contribution < 1.29 is 0 Å². The fourth-order valence-corrected chi connectivity index (χ4v) is 3.11. The molecule has 0 aliphatic heterocycles. The van der Waals surface area contributed by atoms with Crippen LogP contribution >= 0.6 is 11.3 Å². The van der Waals surface area contributed by atoms with E-state index in [4.69, 9.17) is 0 Å². The quantitative estimate of drug-likeness (QED) is 0.898. The molecule has 0 atom stereocenters. The van der Waals surface area contributed by atoms with E-state index >= 15 is 0 Å². The average molecular weight is 247 g/mol. The van der Waals surface area contributed by atoms with E-state index in [0.29, 0.717) is 0 Å². The number of anilines is 1. The van der Waals surface area contributed by atoms with E-state index in [2.05, 4.69) is 29.1 Å². The first kappa shape index (κ1) is 11.0. The van der Waals surface area contributed by atoms with Crippen LogP contribution in [-0.4, -0.2) is 16.5 Å². The van der Waals surface area contributed by atoms with Crippen LogP contribution in [0.4, 0.5) is 5.82 Å². The zero-order valence-corrected chi connectivity index (χ0v) is 11.1. The summed E-state index contributed by atoms with van der Waals surface area (Å²) in [4.78, 5) is 11.2. The largest absolute Gasteiger partial charge is 0.369 e. The topological polar surface area (TPSA) is 37.8 Å². The third-order valence-corrected chi connectivity index (χ3v) is 4.62. The van der Waals surface area contributed by atoms with Crippen molar-refractivity contribution in [2.75, 3.05) is 11.9 Å². The Kier molecular flexibility index (Phi) is 2.74. The highest BCUT2D eigenvalue weighted by Crippen LogP contribution is 2.34. The summed E-state index contributed by atoms with van der Waals surface area (Å²) in [6, 6.07) is 0. The number of aryl methyl sites for hydroxylation is 2. The minimum Gasteiger partial charge on any atom is -0.369 e. The number of nitrogens with one attached hydrogen (secondary N) is 1. The molecule has 0 spiro atoms. The summed E-state index contributed by atoms with van der Waals surface area (Å²) >= 11 is 1.75. The smallest absolute Gasteiger partial charge is 0.138 e. The van der Waals surface area contributed by atoms with E-state index in [1.54, 1.807) is 17.7 Å². The normalized spacial score (nSPS) is 15.4. The predicted octanol–water partition coefficient (Wildman–Crippen LogP) is 3.52. The lowest BCUT2D eigenvalue weighted by molar-refractivity contribution is 0.759. The van der Waals surface area contributed by atoms with Crippen LogP contribution in [0, 0.1) is 19.8 Å². The molecule has 1 aliphatic carbocycles. The second-order valence-electron chi connectivity index (χ2n) is 4.84. The van der Waals surface area contributed by atoms with Gasteiger partial charge in [0.15, 0.2) is 0 Å².